The average Bonchev–Trinajstić information content (AvgIpc) is 2.43. The number of thiocarbonyl (C=S) groups is 1. The Kier molecular flexibility index (Phi) is 5.21. The van der Waals surface area contributed by atoms with Crippen LogP contribution in [0.15, 0.2) is 42.5 Å². The number of nitrogens with one attached hydrogen (secondary N) is 2. The third kappa shape index (κ3) is 4.19. The van der Waals surface area contributed by atoms with Gasteiger partial charge in [-0.2, -0.15) is 0 Å². The van der Waals surface area contributed by atoms with Gasteiger partial charge in [-0.05, 0) is 67.9 Å². The van der Waals surface area contributed by atoms with Crippen LogP contribution >= 0.6 is 23.8 Å². The van der Waals surface area contributed by atoms with E-state index in [-0.39, 0.29) is 6.04 Å². The molecule has 2 aromatic carbocycles. The van der Waals surface area contributed by atoms with Gasteiger partial charge in [0.1, 0.15) is 0 Å². The minimum absolute atomic E-state index is 0.0465. The molecule has 2 N–H and O–H groups in total. The van der Waals surface area contributed by atoms with Gasteiger partial charge in [-0.3, -0.25) is 0 Å². The van der Waals surface area contributed by atoms with E-state index in [4.69, 9.17) is 23.8 Å². The molecule has 0 heterocycles. The fraction of sp³-hybridized carbons (Fsp3) is 0.235. The first-order chi connectivity index (χ1) is 9.97. The Bertz CT molecular complexity index is 655. The maximum atomic E-state index is 6.20. The smallest absolute Gasteiger partial charge is 0.171 e. The summed E-state index contributed by atoms with van der Waals surface area (Å²) in [7, 11) is 0. The Balaban J connectivity index is 2.01. The van der Waals surface area contributed by atoms with Gasteiger partial charge in [0.2, 0.25) is 0 Å². The van der Waals surface area contributed by atoms with Gasteiger partial charge < -0.3 is 10.6 Å². The lowest BCUT2D eigenvalue weighted by Crippen LogP contribution is -2.31. The molecule has 2 aromatic rings. The quantitative estimate of drug-likeness (QED) is 0.778. The van der Waals surface area contributed by atoms with Gasteiger partial charge in [0.25, 0.3) is 0 Å². The highest BCUT2D eigenvalue weighted by Crippen LogP contribution is 2.22. The molecular weight excluding hydrogens is 300 g/mol. The zero-order chi connectivity index (χ0) is 15.4. The third-order valence-corrected chi connectivity index (χ3v) is 4.05. The average molecular weight is 319 g/mol. The lowest BCUT2D eigenvalue weighted by atomic mass is 10.1. The van der Waals surface area contributed by atoms with Crippen molar-refractivity contribution in [2.24, 2.45) is 0 Å². The van der Waals surface area contributed by atoms with Gasteiger partial charge in [0, 0.05) is 10.7 Å². The molecule has 0 saturated carbocycles. The van der Waals surface area contributed by atoms with Crippen LogP contribution in [0.25, 0.3) is 0 Å². The summed E-state index contributed by atoms with van der Waals surface area (Å²) >= 11 is 11.6. The van der Waals surface area contributed by atoms with E-state index in [1.165, 1.54) is 11.1 Å². The highest BCUT2D eigenvalue weighted by molar-refractivity contribution is 7.80. The molecule has 0 unspecified atom stereocenters. The Labute approximate surface area is 136 Å². The summed E-state index contributed by atoms with van der Waals surface area (Å²) in [4.78, 5) is 0. The van der Waals surface area contributed by atoms with E-state index in [0.717, 1.165) is 16.3 Å². The molecule has 0 aliphatic rings. The first-order valence-electron chi connectivity index (χ1n) is 6.86. The van der Waals surface area contributed by atoms with E-state index in [1.54, 1.807) is 0 Å². The van der Waals surface area contributed by atoms with Gasteiger partial charge in [-0.1, -0.05) is 35.9 Å². The number of anilines is 1. The SMILES string of the molecule is Cc1ccc(NC(=S)N[C@@H](C)c2ccccc2Cl)cc1C. The van der Waals surface area contributed by atoms with Crippen molar-refractivity contribution in [3.05, 3.63) is 64.2 Å². The first-order valence-corrected chi connectivity index (χ1v) is 7.65. The molecule has 21 heavy (non-hydrogen) atoms. The van der Waals surface area contributed by atoms with Crippen molar-refractivity contribution in [1.29, 1.82) is 0 Å². The van der Waals surface area contributed by atoms with E-state index >= 15 is 0 Å². The summed E-state index contributed by atoms with van der Waals surface area (Å²) in [5.74, 6) is 0. The Morgan fingerprint density at radius 3 is 2.48 bits per heavy atom. The maximum absolute atomic E-state index is 6.20. The first kappa shape index (κ1) is 15.8. The molecule has 0 radical (unpaired) electrons. The molecule has 2 nitrogen and oxygen atoms in total. The summed E-state index contributed by atoms with van der Waals surface area (Å²) in [5, 5.41) is 7.79. The van der Waals surface area contributed by atoms with Gasteiger partial charge in [-0.15, -0.1) is 0 Å². The molecule has 110 valence electrons. The van der Waals surface area contributed by atoms with Crippen molar-refractivity contribution in [2.45, 2.75) is 26.8 Å². The zero-order valence-electron chi connectivity index (χ0n) is 12.4. The van der Waals surface area contributed by atoms with Crippen LogP contribution < -0.4 is 10.6 Å². The second kappa shape index (κ2) is 6.92. The second-order valence-electron chi connectivity index (χ2n) is 5.14. The van der Waals surface area contributed by atoms with E-state index in [2.05, 4.69) is 36.6 Å². The van der Waals surface area contributed by atoms with Gasteiger partial charge in [0.05, 0.1) is 6.04 Å². The number of aryl methyl sites for hydroxylation is 2. The van der Waals surface area contributed by atoms with Crippen molar-refractivity contribution in [1.82, 2.24) is 5.32 Å². The highest BCUT2D eigenvalue weighted by Gasteiger charge is 2.10. The summed E-state index contributed by atoms with van der Waals surface area (Å²) in [5.41, 5.74) is 4.52. The number of benzene rings is 2. The molecule has 0 saturated heterocycles. The lowest BCUT2D eigenvalue weighted by Gasteiger charge is -2.18. The van der Waals surface area contributed by atoms with Crippen LogP contribution in [0, 0.1) is 13.8 Å². The van der Waals surface area contributed by atoms with E-state index < -0.39 is 0 Å². The Hall–Kier alpha value is -1.58. The van der Waals surface area contributed by atoms with Gasteiger partial charge in [0.15, 0.2) is 5.11 Å². The molecule has 2 rings (SSSR count). The molecule has 0 aromatic heterocycles. The van der Waals surface area contributed by atoms with Gasteiger partial charge in [-0.25, -0.2) is 0 Å². The molecule has 4 heteroatoms. The van der Waals surface area contributed by atoms with Crippen molar-refractivity contribution < 1.29 is 0 Å². The topological polar surface area (TPSA) is 24.1 Å². The molecule has 1 atom stereocenters. The molecule has 0 aliphatic heterocycles. The molecule has 0 bridgehead atoms. The van der Waals surface area contributed by atoms with Crippen LogP contribution in [0.1, 0.15) is 29.7 Å². The van der Waals surface area contributed by atoms with Crippen LogP contribution in [0.3, 0.4) is 0 Å². The lowest BCUT2D eigenvalue weighted by molar-refractivity contribution is 0.723. The van der Waals surface area contributed by atoms with E-state index in [1.807, 2.05) is 37.3 Å². The fourth-order valence-electron chi connectivity index (χ4n) is 2.09. The van der Waals surface area contributed by atoms with Crippen molar-refractivity contribution in [2.75, 3.05) is 5.32 Å². The minimum Gasteiger partial charge on any atom is -0.356 e. The summed E-state index contributed by atoms with van der Waals surface area (Å²) in [6, 6.07) is 14.0. The van der Waals surface area contributed by atoms with Crippen LogP contribution in [-0.2, 0) is 0 Å². The maximum Gasteiger partial charge on any atom is 0.171 e. The molecule has 0 amide bonds. The van der Waals surface area contributed by atoms with Crippen molar-refractivity contribution in [3.8, 4) is 0 Å². The largest absolute Gasteiger partial charge is 0.356 e. The Morgan fingerprint density at radius 2 is 1.81 bits per heavy atom. The van der Waals surface area contributed by atoms with E-state index in [9.17, 15) is 0 Å². The normalized spacial score (nSPS) is 11.8. The standard InChI is InChI=1S/C17H19ClN2S/c1-11-8-9-14(10-12(11)2)20-17(21)19-13(3)15-6-4-5-7-16(15)18/h4-10,13H,1-3H3,(H2,19,20,21)/t13-/m0/s1. The summed E-state index contributed by atoms with van der Waals surface area (Å²) in [6.07, 6.45) is 0. The minimum atomic E-state index is 0.0465. The molecule has 0 aliphatic carbocycles. The summed E-state index contributed by atoms with van der Waals surface area (Å²) < 4.78 is 0. The van der Waals surface area contributed by atoms with Crippen LogP contribution in [0.2, 0.25) is 5.02 Å². The third-order valence-electron chi connectivity index (χ3n) is 3.48. The molecular formula is C17H19ClN2S. The van der Waals surface area contributed by atoms with Crippen LogP contribution in [0.5, 0.6) is 0 Å². The van der Waals surface area contributed by atoms with Gasteiger partial charge >= 0.3 is 0 Å². The van der Waals surface area contributed by atoms with Crippen LogP contribution in [-0.4, -0.2) is 5.11 Å². The van der Waals surface area contributed by atoms with Crippen molar-refractivity contribution >= 4 is 34.6 Å². The zero-order valence-corrected chi connectivity index (χ0v) is 14.0. The number of halogens is 1. The van der Waals surface area contributed by atoms with Crippen LogP contribution in [0.4, 0.5) is 5.69 Å². The fourth-order valence-corrected chi connectivity index (χ4v) is 2.68. The number of hydrogen-bond acceptors (Lipinski definition) is 1. The highest BCUT2D eigenvalue weighted by atomic mass is 35.5. The number of hydrogen-bond donors (Lipinski definition) is 2. The number of rotatable bonds is 3. The summed E-state index contributed by atoms with van der Waals surface area (Å²) in [6.45, 7) is 6.22. The molecule has 0 spiro atoms. The predicted octanol–water partition coefficient (Wildman–Crippen LogP) is 5.00. The molecule has 0 fully saturated rings. The van der Waals surface area contributed by atoms with E-state index in [0.29, 0.717) is 5.11 Å². The Morgan fingerprint density at radius 1 is 1.10 bits per heavy atom. The van der Waals surface area contributed by atoms with Crippen molar-refractivity contribution in [3.63, 3.8) is 0 Å². The monoisotopic (exact) mass is 318 g/mol. The second-order valence-corrected chi connectivity index (χ2v) is 5.96. The predicted molar refractivity (Wildman–Crippen MR) is 95.1 cm³/mol.